The van der Waals surface area contributed by atoms with Gasteiger partial charge in [0, 0.05) is 17.8 Å². The quantitative estimate of drug-likeness (QED) is 0.411. The van der Waals surface area contributed by atoms with Gasteiger partial charge in [-0.1, -0.05) is 12.8 Å². The Kier molecular flexibility index (Phi) is 6.43. The summed E-state index contributed by atoms with van der Waals surface area (Å²) in [4.78, 5) is 0. The first-order valence-corrected chi connectivity index (χ1v) is 6.14. The number of unbranched alkanes of at least 4 members (excludes halogenated alkanes) is 3. The van der Waals surface area contributed by atoms with Gasteiger partial charge in [-0.05, 0) is 37.6 Å². The second-order valence-corrected chi connectivity index (χ2v) is 4.13. The molecule has 0 heterocycles. The number of hydrogen-bond acceptors (Lipinski definition) is 4. The van der Waals surface area contributed by atoms with Gasteiger partial charge in [-0.15, -0.1) is 0 Å². The zero-order valence-electron chi connectivity index (χ0n) is 10.2. The Morgan fingerprint density at radius 3 is 2.59 bits per heavy atom. The van der Waals surface area contributed by atoms with Crippen LogP contribution in [-0.2, 0) is 6.61 Å². The van der Waals surface area contributed by atoms with Crippen molar-refractivity contribution in [3.63, 3.8) is 0 Å². The fraction of sp³-hybridized carbons (Fsp3) is 0.538. The van der Waals surface area contributed by atoms with E-state index in [9.17, 15) is 5.11 Å². The van der Waals surface area contributed by atoms with Crippen molar-refractivity contribution in [1.29, 1.82) is 0 Å². The molecule has 1 rings (SSSR count). The van der Waals surface area contributed by atoms with E-state index in [-0.39, 0.29) is 12.4 Å². The van der Waals surface area contributed by atoms with E-state index in [4.69, 9.17) is 10.8 Å². The van der Waals surface area contributed by atoms with E-state index < -0.39 is 0 Å². The summed E-state index contributed by atoms with van der Waals surface area (Å²) in [5.41, 5.74) is 6.91. The standard InChI is InChI=1S/C13H22N2O2/c14-7-3-1-2-4-8-15-12-5-6-13(17)11(9-12)10-16/h5-6,9,15-17H,1-4,7-8,10,14H2. The third kappa shape index (κ3) is 5.06. The summed E-state index contributed by atoms with van der Waals surface area (Å²) in [5, 5.41) is 21.7. The van der Waals surface area contributed by atoms with Crippen LogP contribution in [0.1, 0.15) is 31.2 Å². The molecule has 1 aromatic rings. The van der Waals surface area contributed by atoms with Crippen LogP contribution in [0.25, 0.3) is 0 Å². The highest BCUT2D eigenvalue weighted by atomic mass is 16.3. The molecule has 5 N–H and O–H groups in total. The predicted octanol–water partition coefficient (Wildman–Crippen LogP) is 1.82. The number of phenols is 1. The maximum atomic E-state index is 9.40. The molecule has 0 aliphatic rings. The van der Waals surface area contributed by atoms with Crippen LogP contribution in [0.4, 0.5) is 5.69 Å². The molecule has 0 radical (unpaired) electrons. The molecule has 96 valence electrons. The SMILES string of the molecule is NCCCCCCNc1ccc(O)c(CO)c1. The van der Waals surface area contributed by atoms with E-state index in [1.165, 1.54) is 12.8 Å². The van der Waals surface area contributed by atoms with Gasteiger partial charge < -0.3 is 21.3 Å². The second-order valence-electron chi connectivity index (χ2n) is 4.13. The van der Waals surface area contributed by atoms with Crippen LogP contribution in [-0.4, -0.2) is 23.3 Å². The number of aromatic hydroxyl groups is 1. The number of nitrogens with two attached hydrogens (primary N) is 1. The lowest BCUT2D eigenvalue weighted by molar-refractivity contribution is 0.275. The number of aliphatic hydroxyl groups is 1. The van der Waals surface area contributed by atoms with Gasteiger partial charge in [0.05, 0.1) is 6.61 Å². The van der Waals surface area contributed by atoms with E-state index in [0.29, 0.717) is 5.56 Å². The summed E-state index contributed by atoms with van der Waals surface area (Å²) in [7, 11) is 0. The van der Waals surface area contributed by atoms with E-state index in [1.54, 1.807) is 12.1 Å². The lowest BCUT2D eigenvalue weighted by atomic mass is 10.1. The molecule has 0 atom stereocenters. The van der Waals surface area contributed by atoms with Crippen molar-refractivity contribution in [2.24, 2.45) is 5.73 Å². The summed E-state index contributed by atoms with van der Waals surface area (Å²) in [6.45, 7) is 1.53. The largest absolute Gasteiger partial charge is 0.508 e. The molecule has 0 saturated heterocycles. The van der Waals surface area contributed by atoms with E-state index in [0.717, 1.165) is 31.6 Å². The predicted molar refractivity (Wildman–Crippen MR) is 70.0 cm³/mol. The molecule has 0 aliphatic carbocycles. The van der Waals surface area contributed by atoms with Gasteiger partial charge in [-0.25, -0.2) is 0 Å². The zero-order chi connectivity index (χ0) is 12.5. The Morgan fingerprint density at radius 2 is 1.88 bits per heavy atom. The maximum absolute atomic E-state index is 9.40. The average Bonchev–Trinajstić information content (AvgIpc) is 2.35. The molecule has 0 saturated carbocycles. The van der Waals surface area contributed by atoms with Gasteiger partial charge in [0.15, 0.2) is 0 Å². The van der Waals surface area contributed by atoms with Crippen molar-refractivity contribution in [3.8, 4) is 5.75 Å². The molecule has 0 bridgehead atoms. The Bertz CT molecular complexity index is 329. The molecular weight excluding hydrogens is 216 g/mol. The summed E-state index contributed by atoms with van der Waals surface area (Å²) in [6.07, 6.45) is 4.55. The molecular formula is C13H22N2O2. The Hall–Kier alpha value is -1.26. The lowest BCUT2D eigenvalue weighted by Crippen LogP contribution is -2.03. The van der Waals surface area contributed by atoms with Crippen LogP contribution < -0.4 is 11.1 Å². The zero-order valence-corrected chi connectivity index (χ0v) is 10.2. The molecule has 0 amide bonds. The average molecular weight is 238 g/mol. The molecule has 4 nitrogen and oxygen atoms in total. The summed E-state index contributed by atoms with van der Waals surface area (Å²) >= 11 is 0. The highest BCUT2D eigenvalue weighted by molar-refractivity contribution is 5.50. The molecule has 0 unspecified atom stereocenters. The van der Waals surface area contributed by atoms with Gasteiger partial charge in [0.25, 0.3) is 0 Å². The van der Waals surface area contributed by atoms with Gasteiger partial charge in [0.2, 0.25) is 0 Å². The van der Waals surface area contributed by atoms with Crippen molar-refractivity contribution in [1.82, 2.24) is 0 Å². The Balaban J connectivity index is 2.27. The summed E-state index contributed by atoms with van der Waals surface area (Å²) < 4.78 is 0. The van der Waals surface area contributed by atoms with Gasteiger partial charge in [-0.2, -0.15) is 0 Å². The van der Waals surface area contributed by atoms with Crippen molar-refractivity contribution in [2.75, 3.05) is 18.4 Å². The minimum Gasteiger partial charge on any atom is -0.508 e. The molecule has 0 fully saturated rings. The third-order valence-electron chi connectivity index (χ3n) is 2.71. The number of benzene rings is 1. The second kappa shape index (κ2) is 7.92. The molecule has 0 spiro atoms. The van der Waals surface area contributed by atoms with Crippen molar-refractivity contribution >= 4 is 5.69 Å². The lowest BCUT2D eigenvalue weighted by Gasteiger charge is -2.08. The molecule has 0 aromatic heterocycles. The molecule has 1 aromatic carbocycles. The number of nitrogens with one attached hydrogen (secondary N) is 1. The van der Waals surface area contributed by atoms with Gasteiger partial charge in [-0.3, -0.25) is 0 Å². The van der Waals surface area contributed by atoms with Crippen LogP contribution in [0.2, 0.25) is 0 Å². The number of rotatable bonds is 8. The minimum absolute atomic E-state index is 0.140. The topological polar surface area (TPSA) is 78.5 Å². The van der Waals surface area contributed by atoms with Crippen LogP contribution >= 0.6 is 0 Å². The van der Waals surface area contributed by atoms with Crippen LogP contribution in [0.15, 0.2) is 18.2 Å². The van der Waals surface area contributed by atoms with Crippen LogP contribution in [0.5, 0.6) is 5.75 Å². The van der Waals surface area contributed by atoms with Crippen molar-refractivity contribution in [2.45, 2.75) is 32.3 Å². The minimum atomic E-state index is -0.141. The van der Waals surface area contributed by atoms with E-state index in [1.807, 2.05) is 6.07 Å². The molecule has 4 heteroatoms. The number of hydrogen-bond donors (Lipinski definition) is 4. The summed E-state index contributed by atoms with van der Waals surface area (Å²) in [6, 6.07) is 5.19. The highest BCUT2D eigenvalue weighted by Gasteiger charge is 2.00. The van der Waals surface area contributed by atoms with Crippen LogP contribution in [0, 0.1) is 0 Å². The fourth-order valence-electron chi connectivity index (χ4n) is 1.68. The normalized spacial score (nSPS) is 10.5. The van der Waals surface area contributed by atoms with Crippen LogP contribution in [0.3, 0.4) is 0 Å². The van der Waals surface area contributed by atoms with Gasteiger partial charge in [0.1, 0.15) is 5.75 Å². The first-order valence-electron chi connectivity index (χ1n) is 6.14. The smallest absolute Gasteiger partial charge is 0.121 e. The molecule has 0 aliphatic heterocycles. The first-order chi connectivity index (χ1) is 8.27. The highest BCUT2D eigenvalue weighted by Crippen LogP contribution is 2.21. The Labute approximate surface area is 102 Å². The Morgan fingerprint density at radius 1 is 1.12 bits per heavy atom. The van der Waals surface area contributed by atoms with E-state index in [2.05, 4.69) is 5.32 Å². The first kappa shape index (κ1) is 13.8. The van der Waals surface area contributed by atoms with E-state index >= 15 is 0 Å². The van der Waals surface area contributed by atoms with Crippen molar-refractivity contribution in [3.05, 3.63) is 23.8 Å². The fourth-order valence-corrected chi connectivity index (χ4v) is 1.68. The number of aliphatic hydroxyl groups excluding tert-OH is 1. The van der Waals surface area contributed by atoms with Crippen molar-refractivity contribution < 1.29 is 10.2 Å². The van der Waals surface area contributed by atoms with Gasteiger partial charge >= 0.3 is 0 Å². The third-order valence-corrected chi connectivity index (χ3v) is 2.71. The number of anilines is 1. The molecule has 17 heavy (non-hydrogen) atoms. The summed E-state index contributed by atoms with van der Waals surface area (Å²) in [5.74, 6) is 0.140. The monoisotopic (exact) mass is 238 g/mol. The maximum Gasteiger partial charge on any atom is 0.121 e.